The summed E-state index contributed by atoms with van der Waals surface area (Å²) < 4.78 is 18.7. The van der Waals surface area contributed by atoms with Gasteiger partial charge in [-0.1, -0.05) is 48.0 Å². The van der Waals surface area contributed by atoms with Crippen LogP contribution in [0.4, 0.5) is 14.9 Å². The van der Waals surface area contributed by atoms with Crippen LogP contribution in [0, 0.1) is 5.82 Å². The molecule has 0 spiro atoms. The predicted molar refractivity (Wildman–Crippen MR) is 130 cm³/mol. The van der Waals surface area contributed by atoms with Crippen LogP contribution in [0.1, 0.15) is 11.1 Å². The van der Waals surface area contributed by atoms with Crippen molar-refractivity contribution < 1.29 is 23.5 Å². The molecule has 6 nitrogen and oxygen atoms in total. The second-order valence-corrected chi connectivity index (χ2v) is 8.68. The van der Waals surface area contributed by atoms with E-state index in [2.05, 4.69) is 5.32 Å². The summed E-state index contributed by atoms with van der Waals surface area (Å²) in [6, 6.07) is 19.7. The molecule has 1 aliphatic rings. The Morgan fingerprint density at radius 3 is 2.44 bits per heavy atom. The van der Waals surface area contributed by atoms with Crippen LogP contribution < -0.4 is 10.1 Å². The molecule has 1 heterocycles. The molecule has 3 aromatic carbocycles. The van der Waals surface area contributed by atoms with Crippen molar-refractivity contribution in [3.8, 4) is 5.75 Å². The maximum Gasteiger partial charge on any atom is 0.294 e. The highest BCUT2D eigenvalue weighted by atomic mass is 35.5. The Kier molecular flexibility index (Phi) is 7.30. The van der Waals surface area contributed by atoms with Crippen molar-refractivity contribution in [2.75, 3.05) is 11.9 Å². The van der Waals surface area contributed by atoms with Gasteiger partial charge in [-0.2, -0.15) is 0 Å². The standard InChI is InChI=1S/C25H18ClFN2O4S/c26-20-3-1-2-4-21(20)28-23(30)14-29-24(31)22(34-25(29)32)13-16-7-11-19(12-8-16)33-15-17-5-9-18(27)10-6-17/h1-13H,14-15H2,(H,28,30)/b22-13+. The molecule has 9 heteroatoms. The minimum atomic E-state index is -0.541. The van der Waals surface area contributed by atoms with Crippen LogP contribution in [-0.4, -0.2) is 28.5 Å². The quantitative estimate of drug-likeness (QED) is 0.422. The average Bonchev–Trinajstić information content (AvgIpc) is 3.08. The van der Waals surface area contributed by atoms with Crippen molar-refractivity contribution in [3.63, 3.8) is 0 Å². The van der Waals surface area contributed by atoms with E-state index >= 15 is 0 Å². The summed E-state index contributed by atoms with van der Waals surface area (Å²) in [6.07, 6.45) is 1.58. The van der Waals surface area contributed by atoms with Crippen molar-refractivity contribution in [2.24, 2.45) is 0 Å². The molecular formula is C25H18ClFN2O4S. The molecule has 3 aromatic rings. The number of carbonyl (C=O) groups excluding carboxylic acids is 3. The van der Waals surface area contributed by atoms with Crippen molar-refractivity contribution in [2.45, 2.75) is 6.61 Å². The zero-order chi connectivity index (χ0) is 24.1. The molecule has 0 saturated carbocycles. The van der Waals surface area contributed by atoms with Crippen LogP contribution in [0.25, 0.3) is 6.08 Å². The minimum absolute atomic E-state index is 0.218. The number of anilines is 1. The molecule has 0 atom stereocenters. The van der Waals surface area contributed by atoms with Gasteiger partial charge in [-0.15, -0.1) is 0 Å². The third-order valence-electron chi connectivity index (χ3n) is 4.82. The van der Waals surface area contributed by atoms with Gasteiger partial charge in [-0.05, 0) is 65.4 Å². The Morgan fingerprint density at radius 1 is 1.03 bits per heavy atom. The molecule has 34 heavy (non-hydrogen) atoms. The summed E-state index contributed by atoms with van der Waals surface area (Å²) in [7, 11) is 0. The minimum Gasteiger partial charge on any atom is -0.489 e. The molecular weight excluding hydrogens is 479 g/mol. The Labute approximate surface area is 204 Å². The largest absolute Gasteiger partial charge is 0.489 e. The molecule has 0 aromatic heterocycles. The number of nitrogens with one attached hydrogen (secondary N) is 1. The number of nitrogens with zero attached hydrogens (tertiary/aromatic N) is 1. The lowest BCUT2D eigenvalue weighted by Gasteiger charge is -2.13. The van der Waals surface area contributed by atoms with E-state index in [4.69, 9.17) is 16.3 Å². The monoisotopic (exact) mass is 496 g/mol. The number of para-hydroxylation sites is 1. The number of hydrogen-bond donors (Lipinski definition) is 1. The van der Waals surface area contributed by atoms with Crippen molar-refractivity contribution in [1.29, 1.82) is 0 Å². The molecule has 4 rings (SSSR count). The number of imide groups is 1. The van der Waals surface area contributed by atoms with E-state index in [0.29, 0.717) is 22.0 Å². The van der Waals surface area contributed by atoms with Gasteiger partial charge in [0.1, 0.15) is 24.7 Å². The number of halogens is 2. The van der Waals surface area contributed by atoms with Gasteiger partial charge in [0.15, 0.2) is 0 Å². The second kappa shape index (κ2) is 10.5. The molecule has 3 amide bonds. The average molecular weight is 497 g/mol. The first kappa shape index (κ1) is 23.5. The Morgan fingerprint density at radius 2 is 1.74 bits per heavy atom. The number of hydrogen-bond acceptors (Lipinski definition) is 5. The highest BCUT2D eigenvalue weighted by Gasteiger charge is 2.36. The molecule has 1 N–H and O–H groups in total. The van der Waals surface area contributed by atoms with Gasteiger partial charge in [-0.3, -0.25) is 19.3 Å². The maximum absolute atomic E-state index is 13.0. The fraction of sp³-hybridized carbons (Fsp3) is 0.0800. The van der Waals surface area contributed by atoms with E-state index < -0.39 is 23.6 Å². The molecule has 1 fully saturated rings. The number of thioether (sulfide) groups is 1. The third-order valence-corrected chi connectivity index (χ3v) is 6.06. The zero-order valence-electron chi connectivity index (χ0n) is 17.7. The van der Waals surface area contributed by atoms with Crippen molar-refractivity contribution in [1.82, 2.24) is 4.90 Å². The first-order valence-corrected chi connectivity index (χ1v) is 11.4. The molecule has 0 radical (unpaired) electrons. The van der Waals surface area contributed by atoms with E-state index in [0.717, 1.165) is 22.2 Å². The molecule has 0 aliphatic carbocycles. The normalized spacial score (nSPS) is 14.5. The predicted octanol–water partition coefficient (Wildman–Crippen LogP) is 5.73. The van der Waals surface area contributed by atoms with Gasteiger partial charge >= 0.3 is 0 Å². The smallest absolute Gasteiger partial charge is 0.294 e. The van der Waals surface area contributed by atoms with Crippen molar-refractivity contribution in [3.05, 3.63) is 99.7 Å². The Balaban J connectivity index is 1.36. The van der Waals surface area contributed by atoms with E-state index in [1.54, 1.807) is 66.7 Å². The van der Waals surface area contributed by atoms with E-state index in [9.17, 15) is 18.8 Å². The van der Waals surface area contributed by atoms with Crippen LogP contribution in [0.3, 0.4) is 0 Å². The SMILES string of the molecule is O=C(CN1C(=O)S/C(=C/c2ccc(OCc3ccc(F)cc3)cc2)C1=O)Nc1ccccc1Cl. The lowest BCUT2D eigenvalue weighted by molar-refractivity contribution is -0.127. The topological polar surface area (TPSA) is 75.7 Å². The lowest BCUT2D eigenvalue weighted by Crippen LogP contribution is -2.36. The van der Waals surface area contributed by atoms with E-state index in [-0.39, 0.29) is 17.3 Å². The third kappa shape index (κ3) is 5.84. The van der Waals surface area contributed by atoms with Gasteiger partial charge in [-0.25, -0.2) is 4.39 Å². The summed E-state index contributed by atoms with van der Waals surface area (Å²) in [5, 5.41) is 2.43. The molecule has 0 bridgehead atoms. The number of ether oxygens (including phenoxy) is 1. The number of amides is 3. The molecule has 1 aliphatic heterocycles. The molecule has 172 valence electrons. The summed E-state index contributed by atoms with van der Waals surface area (Å²) in [6.45, 7) is -0.127. The maximum atomic E-state index is 13.0. The Hall–Kier alpha value is -3.62. The van der Waals surface area contributed by atoms with Crippen LogP contribution in [0.5, 0.6) is 5.75 Å². The number of benzene rings is 3. The van der Waals surface area contributed by atoms with Gasteiger partial charge < -0.3 is 10.1 Å². The number of rotatable bonds is 7. The Bertz CT molecular complexity index is 1260. The summed E-state index contributed by atoms with van der Waals surface area (Å²) in [5.74, 6) is -0.773. The first-order valence-electron chi connectivity index (χ1n) is 10.2. The lowest BCUT2D eigenvalue weighted by atomic mass is 10.2. The van der Waals surface area contributed by atoms with Crippen LogP contribution in [0.15, 0.2) is 77.7 Å². The van der Waals surface area contributed by atoms with Crippen LogP contribution in [-0.2, 0) is 16.2 Å². The second-order valence-electron chi connectivity index (χ2n) is 7.28. The van der Waals surface area contributed by atoms with Crippen molar-refractivity contribution >= 4 is 52.2 Å². The van der Waals surface area contributed by atoms with Crippen LogP contribution >= 0.6 is 23.4 Å². The fourth-order valence-corrected chi connectivity index (χ4v) is 4.11. The first-order chi connectivity index (χ1) is 16.4. The molecule has 0 unspecified atom stereocenters. The van der Waals surface area contributed by atoms with Gasteiger partial charge in [0.05, 0.1) is 15.6 Å². The highest BCUT2D eigenvalue weighted by molar-refractivity contribution is 8.18. The summed E-state index contributed by atoms with van der Waals surface area (Å²) in [5.41, 5.74) is 1.93. The van der Waals surface area contributed by atoms with E-state index in [1.807, 2.05) is 0 Å². The van der Waals surface area contributed by atoms with Gasteiger partial charge in [0.2, 0.25) is 5.91 Å². The fourth-order valence-electron chi connectivity index (χ4n) is 3.09. The van der Waals surface area contributed by atoms with Crippen LogP contribution in [0.2, 0.25) is 5.02 Å². The molecule has 1 saturated heterocycles. The van der Waals surface area contributed by atoms with E-state index in [1.165, 1.54) is 12.1 Å². The van der Waals surface area contributed by atoms with Gasteiger partial charge in [0.25, 0.3) is 11.1 Å². The summed E-state index contributed by atoms with van der Waals surface area (Å²) in [4.78, 5) is 38.4. The zero-order valence-corrected chi connectivity index (χ0v) is 19.2. The number of carbonyl (C=O) groups is 3. The summed E-state index contributed by atoms with van der Waals surface area (Å²) >= 11 is 6.80. The highest BCUT2D eigenvalue weighted by Crippen LogP contribution is 2.32. The van der Waals surface area contributed by atoms with Gasteiger partial charge in [0, 0.05) is 0 Å².